The third-order valence-corrected chi connectivity index (χ3v) is 5.95. The van der Waals surface area contributed by atoms with Gasteiger partial charge >= 0.3 is 0 Å². The molecular weight excluding hydrogens is 398 g/mol. The Labute approximate surface area is 161 Å². The van der Waals surface area contributed by atoms with E-state index in [9.17, 15) is 4.79 Å². The molecular formula is C18H24BrN5O2. The molecule has 2 aliphatic rings. The monoisotopic (exact) mass is 421 g/mol. The second-order valence-corrected chi connectivity index (χ2v) is 7.91. The Balaban J connectivity index is 1.31. The van der Waals surface area contributed by atoms with Crippen molar-refractivity contribution in [2.24, 2.45) is 5.92 Å². The molecule has 0 N–H and O–H groups in total. The van der Waals surface area contributed by atoms with Crippen molar-refractivity contribution < 1.29 is 9.53 Å². The summed E-state index contributed by atoms with van der Waals surface area (Å²) in [5.41, 5.74) is 1.92. The molecule has 1 saturated carbocycles. The minimum atomic E-state index is 0.540. The molecule has 8 heteroatoms. The van der Waals surface area contributed by atoms with Gasteiger partial charge < -0.3 is 9.53 Å². The molecule has 1 aromatic carbocycles. The molecule has 140 valence electrons. The summed E-state index contributed by atoms with van der Waals surface area (Å²) in [6.45, 7) is 6.86. The maximum Gasteiger partial charge on any atom is 0.135 e. The zero-order valence-corrected chi connectivity index (χ0v) is 16.4. The summed E-state index contributed by atoms with van der Waals surface area (Å²) in [5, 5.41) is 8.62. The highest BCUT2D eigenvalue weighted by molar-refractivity contribution is 9.10. The predicted octanol–water partition coefficient (Wildman–Crippen LogP) is 1.80. The molecule has 0 amide bonds. The zero-order chi connectivity index (χ0) is 17.9. The Bertz CT molecular complexity index is 768. The maximum atomic E-state index is 10.6. The van der Waals surface area contributed by atoms with Crippen LogP contribution in [0.5, 0.6) is 5.75 Å². The molecule has 0 spiro atoms. The van der Waals surface area contributed by atoms with Gasteiger partial charge in [-0.05, 0) is 46.8 Å². The number of benzene rings is 1. The molecule has 1 aromatic heterocycles. The van der Waals surface area contributed by atoms with E-state index in [4.69, 9.17) is 4.74 Å². The van der Waals surface area contributed by atoms with Gasteiger partial charge in [0.2, 0.25) is 0 Å². The minimum Gasteiger partial charge on any atom is -0.491 e. The van der Waals surface area contributed by atoms with Crippen LogP contribution in [0.1, 0.15) is 12.8 Å². The van der Waals surface area contributed by atoms with E-state index in [0.717, 1.165) is 72.7 Å². The Hall–Kier alpha value is -1.51. The maximum absolute atomic E-state index is 10.6. The molecule has 2 fully saturated rings. The quantitative estimate of drug-likeness (QED) is 0.605. The second-order valence-electron chi connectivity index (χ2n) is 7.12. The van der Waals surface area contributed by atoms with Crippen molar-refractivity contribution in [1.29, 1.82) is 0 Å². The number of piperazine rings is 1. The highest BCUT2D eigenvalue weighted by atomic mass is 79.9. The minimum absolute atomic E-state index is 0.540. The molecule has 1 aliphatic carbocycles. The Morgan fingerprint density at radius 3 is 2.69 bits per heavy atom. The fourth-order valence-electron chi connectivity index (χ4n) is 3.36. The first-order valence-corrected chi connectivity index (χ1v) is 10.1. The third kappa shape index (κ3) is 4.07. The van der Waals surface area contributed by atoms with Crippen molar-refractivity contribution in [1.82, 2.24) is 24.8 Å². The van der Waals surface area contributed by atoms with Crippen LogP contribution in [0.2, 0.25) is 0 Å². The van der Waals surface area contributed by atoms with Crippen LogP contribution in [-0.4, -0.2) is 77.0 Å². The largest absolute Gasteiger partial charge is 0.491 e. The third-order valence-electron chi connectivity index (χ3n) is 5.18. The van der Waals surface area contributed by atoms with Crippen LogP contribution >= 0.6 is 15.9 Å². The van der Waals surface area contributed by atoms with Crippen molar-refractivity contribution >= 4 is 33.2 Å². The van der Waals surface area contributed by atoms with E-state index in [2.05, 4.69) is 42.1 Å². The molecule has 2 aromatic rings. The van der Waals surface area contributed by atoms with Crippen LogP contribution in [0.3, 0.4) is 0 Å². The number of carbonyl (C=O) groups excluding carboxylic acids is 1. The molecule has 0 radical (unpaired) electrons. The number of rotatable bonds is 8. The summed E-state index contributed by atoms with van der Waals surface area (Å²) >= 11 is 3.63. The lowest BCUT2D eigenvalue weighted by atomic mass is 10.3. The highest BCUT2D eigenvalue weighted by Crippen LogP contribution is 2.34. The van der Waals surface area contributed by atoms with E-state index in [-0.39, 0.29) is 0 Å². The van der Waals surface area contributed by atoms with Crippen molar-refractivity contribution in [2.45, 2.75) is 19.4 Å². The molecule has 1 aliphatic heterocycles. The van der Waals surface area contributed by atoms with Crippen LogP contribution in [0.15, 0.2) is 16.6 Å². The first-order chi connectivity index (χ1) is 12.7. The Morgan fingerprint density at radius 1 is 1.19 bits per heavy atom. The average Bonchev–Trinajstić information content (AvgIpc) is 3.37. The Morgan fingerprint density at radius 2 is 1.96 bits per heavy atom. The summed E-state index contributed by atoms with van der Waals surface area (Å²) in [6, 6.07) is 4.05. The number of aldehydes is 1. The summed E-state index contributed by atoms with van der Waals surface area (Å²) in [5.74, 6) is 1.58. The number of fused-ring (bicyclic) bond motifs is 1. The number of hydrogen-bond acceptors (Lipinski definition) is 6. The van der Waals surface area contributed by atoms with E-state index in [0.29, 0.717) is 13.2 Å². The lowest BCUT2D eigenvalue weighted by Gasteiger charge is -2.33. The number of hydrogen-bond donors (Lipinski definition) is 0. The summed E-state index contributed by atoms with van der Waals surface area (Å²) in [4.78, 5) is 15.1. The summed E-state index contributed by atoms with van der Waals surface area (Å²) in [7, 11) is 0. The fourth-order valence-corrected chi connectivity index (χ4v) is 3.89. The van der Waals surface area contributed by atoms with Gasteiger partial charge in [-0.25, -0.2) is 4.68 Å². The van der Waals surface area contributed by atoms with Gasteiger partial charge in [0.25, 0.3) is 0 Å². The fraction of sp³-hybridized carbons (Fsp3) is 0.611. The van der Waals surface area contributed by atoms with Crippen molar-refractivity contribution in [3.63, 3.8) is 0 Å². The molecule has 7 nitrogen and oxygen atoms in total. The lowest BCUT2D eigenvalue weighted by Crippen LogP contribution is -2.47. The van der Waals surface area contributed by atoms with Gasteiger partial charge in [-0.1, -0.05) is 5.21 Å². The van der Waals surface area contributed by atoms with Gasteiger partial charge in [0.15, 0.2) is 0 Å². The zero-order valence-electron chi connectivity index (χ0n) is 14.8. The van der Waals surface area contributed by atoms with Crippen LogP contribution < -0.4 is 4.74 Å². The van der Waals surface area contributed by atoms with Crippen molar-refractivity contribution in [2.75, 3.05) is 45.9 Å². The molecule has 26 heavy (non-hydrogen) atoms. The highest BCUT2D eigenvalue weighted by Gasteiger charge is 2.24. The van der Waals surface area contributed by atoms with E-state index in [1.165, 1.54) is 12.8 Å². The summed E-state index contributed by atoms with van der Waals surface area (Å²) in [6.07, 6.45) is 3.58. The average molecular weight is 422 g/mol. The molecule has 0 atom stereocenters. The number of halogens is 1. The predicted molar refractivity (Wildman–Crippen MR) is 102 cm³/mol. The van der Waals surface area contributed by atoms with Gasteiger partial charge in [0, 0.05) is 39.3 Å². The van der Waals surface area contributed by atoms with Gasteiger partial charge in [-0.15, -0.1) is 5.10 Å². The SMILES string of the molecule is O=CCN1CCN(CCOc2ccc3c(nnn3CC3CC3)c2Br)CC1. The van der Waals surface area contributed by atoms with Crippen LogP contribution in [-0.2, 0) is 11.3 Å². The van der Waals surface area contributed by atoms with E-state index in [1.807, 2.05) is 10.7 Å². The van der Waals surface area contributed by atoms with Crippen molar-refractivity contribution in [3.8, 4) is 5.75 Å². The molecule has 0 bridgehead atoms. The van der Waals surface area contributed by atoms with Gasteiger partial charge in [-0.2, -0.15) is 0 Å². The topological polar surface area (TPSA) is 63.5 Å². The number of nitrogens with zero attached hydrogens (tertiary/aromatic N) is 5. The van der Waals surface area contributed by atoms with Crippen LogP contribution in [0.25, 0.3) is 11.0 Å². The molecule has 1 saturated heterocycles. The first kappa shape index (κ1) is 17.9. The van der Waals surface area contributed by atoms with E-state index >= 15 is 0 Å². The van der Waals surface area contributed by atoms with Gasteiger partial charge in [-0.3, -0.25) is 9.80 Å². The lowest BCUT2D eigenvalue weighted by molar-refractivity contribution is -0.109. The smallest absolute Gasteiger partial charge is 0.135 e. The molecule has 0 unspecified atom stereocenters. The van der Waals surface area contributed by atoms with Crippen LogP contribution in [0.4, 0.5) is 0 Å². The number of ether oxygens (including phenoxy) is 1. The van der Waals surface area contributed by atoms with Gasteiger partial charge in [0.1, 0.15) is 24.2 Å². The second kappa shape index (κ2) is 8.02. The van der Waals surface area contributed by atoms with Crippen molar-refractivity contribution in [3.05, 3.63) is 16.6 Å². The van der Waals surface area contributed by atoms with Gasteiger partial charge in [0.05, 0.1) is 16.5 Å². The van der Waals surface area contributed by atoms with Crippen LogP contribution in [0, 0.1) is 5.92 Å². The molecule has 4 rings (SSSR count). The molecule has 2 heterocycles. The number of carbonyl (C=O) groups is 1. The standard InChI is InChI=1S/C18H24BrN5O2/c19-17-16(26-12-10-23-7-5-22(6-8-23)9-11-25)4-3-15-18(17)20-21-24(15)13-14-1-2-14/h3-4,11,14H,1-2,5-10,12-13H2. The first-order valence-electron chi connectivity index (χ1n) is 9.27. The normalized spacial score (nSPS) is 19.1. The summed E-state index contributed by atoms with van der Waals surface area (Å²) < 4.78 is 8.87. The van der Waals surface area contributed by atoms with E-state index in [1.54, 1.807) is 0 Å². The van der Waals surface area contributed by atoms with E-state index < -0.39 is 0 Å². The Kier molecular flexibility index (Phi) is 5.52. The number of aromatic nitrogens is 3.